The number of nitrogens with one attached hydrogen (secondary N) is 2. The zero-order valence-corrected chi connectivity index (χ0v) is 19.4. The molecule has 1 aromatic heterocycles. The molecule has 8 nitrogen and oxygen atoms in total. The maximum Gasteiger partial charge on any atom is 0.358 e. The van der Waals surface area contributed by atoms with E-state index in [1.807, 2.05) is 26.0 Å². The summed E-state index contributed by atoms with van der Waals surface area (Å²) in [6, 6.07) is 13.9. The average molecular weight is 468 g/mol. The smallest absolute Gasteiger partial charge is 0.358 e. The fraction of sp³-hybridized carbons (Fsp3) is 0.250. The van der Waals surface area contributed by atoms with Gasteiger partial charge in [0.2, 0.25) is 0 Å². The number of benzene rings is 2. The summed E-state index contributed by atoms with van der Waals surface area (Å²) in [4.78, 5) is 41.3. The molecule has 33 heavy (non-hydrogen) atoms. The fourth-order valence-corrected chi connectivity index (χ4v) is 3.60. The normalized spacial score (nSPS) is 10.5. The molecule has 3 aromatic rings. The number of nitrogens with zero attached hydrogens (tertiary/aromatic N) is 1. The Bertz CT molecular complexity index is 1130. The minimum absolute atomic E-state index is 0.118. The van der Waals surface area contributed by atoms with Gasteiger partial charge in [0.05, 0.1) is 18.4 Å². The second kappa shape index (κ2) is 11.2. The molecule has 1 heterocycles. The van der Waals surface area contributed by atoms with Gasteiger partial charge in [0, 0.05) is 17.5 Å². The first-order valence-corrected chi connectivity index (χ1v) is 11.2. The van der Waals surface area contributed by atoms with E-state index in [9.17, 15) is 14.4 Å². The van der Waals surface area contributed by atoms with Crippen LogP contribution in [0.4, 0.5) is 5.69 Å². The zero-order valence-electron chi connectivity index (χ0n) is 18.6. The summed E-state index contributed by atoms with van der Waals surface area (Å²) in [5, 5.41) is 7.66. The number of para-hydroxylation sites is 1. The van der Waals surface area contributed by atoms with Crippen LogP contribution in [0.1, 0.15) is 34.7 Å². The minimum Gasteiger partial charge on any atom is -0.497 e. The molecule has 0 unspecified atom stereocenters. The van der Waals surface area contributed by atoms with Crippen LogP contribution in [-0.4, -0.2) is 43.0 Å². The van der Waals surface area contributed by atoms with Gasteiger partial charge in [-0.05, 0) is 42.3 Å². The van der Waals surface area contributed by atoms with Crippen LogP contribution in [0.25, 0.3) is 10.6 Å². The highest BCUT2D eigenvalue weighted by atomic mass is 32.1. The van der Waals surface area contributed by atoms with E-state index in [2.05, 4.69) is 15.6 Å². The van der Waals surface area contributed by atoms with Gasteiger partial charge in [-0.1, -0.05) is 26.0 Å². The summed E-state index contributed by atoms with van der Waals surface area (Å²) in [6.45, 7) is 4.00. The van der Waals surface area contributed by atoms with Crippen molar-refractivity contribution in [1.29, 1.82) is 0 Å². The molecule has 0 bridgehead atoms. The van der Waals surface area contributed by atoms with Crippen molar-refractivity contribution in [2.75, 3.05) is 25.6 Å². The number of rotatable bonds is 9. The Morgan fingerprint density at radius 3 is 2.48 bits per heavy atom. The number of anilines is 1. The summed E-state index contributed by atoms with van der Waals surface area (Å²) >= 11 is 1.30. The first kappa shape index (κ1) is 23.9. The number of methoxy groups -OCH3 is 1. The lowest BCUT2D eigenvalue weighted by Gasteiger charge is -2.12. The second-order valence-electron chi connectivity index (χ2n) is 7.54. The molecule has 0 radical (unpaired) electrons. The van der Waals surface area contributed by atoms with Gasteiger partial charge in [-0.2, -0.15) is 0 Å². The number of hydrogen-bond acceptors (Lipinski definition) is 7. The van der Waals surface area contributed by atoms with Crippen LogP contribution >= 0.6 is 11.3 Å². The predicted molar refractivity (Wildman–Crippen MR) is 127 cm³/mol. The number of carbonyl (C=O) groups is 3. The fourth-order valence-electron chi connectivity index (χ4n) is 2.81. The van der Waals surface area contributed by atoms with E-state index in [4.69, 9.17) is 9.47 Å². The molecule has 0 saturated carbocycles. The summed E-state index contributed by atoms with van der Waals surface area (Å²) in [5.41, 5.74) is 1.63. The van der Waals surface area contributed by atoms with Crippen molar-refractivity contribution in [2.45, 2.75) is 13.8 Å². The standard InChI is InChI=1S/C24H25N3O5S/c1-15(2)12-25-22(29)18-6-4-5-7-19(18)26-21(28)13-32-24(30)20-14-33-23(27-20)16-8-10-17(31-3)11-9-16/h4-11,14-15H,12-13H2,1-3H3,(H,25,29)(H,26,28). The van der Waals surface area contributed by atoms with Crippen LogP contribution < -0.4 is 15.4 Å². The summed E-state index contributed by atoms with van der Waals surface area (Å²) in [7, 11) is 1.59. The molecular weight excluding hydrogens is 442 g/mol. The lowest BCUT2D eigenvalue weighted by atomic mass is 10.1. The topological polar surface area (TPSA) is 107 Å². The summed E-state index contributed by atoms with van der Waals surface area (Å²) in [5.74, 6) is -0.529. The molecule has 0 spiro atoms. The molecule has 0 aliphatic heterocycles. The van der Waals surface area contributed by atoms with Crippen LogP contribution in [0.5, 0.6) is 5.75 Å². The van der Waals surface area contributed by atoms with Crippen molar-refractivity contribution < 1.29 is 23.9 Å². The predicted octanol–water partition coefficient (Wildman–Crippen LogP) is 4.00. The summed E-state index contributed by atoms with van der Waals surface area (Å²) in [6.07, 6.45) is 0. The first-order chi connectivity index (χ1) is 15.9. The van der Waals surface area contributed by atoms with E-state index >= 15 is 0 Å². The number of ether oxygens (including phenoxy) is 2. The zero-order chi connectivity index (χ0) is 23.8. The number of aromatic nitrogens is 1. The molecule has 0 aliphatic carbocycles. The Kier molecular flexibility index (Phi) is 8.15. The first-order valence-electron chi connectivity index (χ1n) is 10.3. The van der Waals surface area contributed by atoms with Crippen LogP contribution in [-0.2, 0) is 9.53 Å². The molecule has 2 aromatic carbocycles. The van der Waals surface area contributed by atoms with Crippen molar-refractivity contribution in [3.63, 3.8) is 0 Å². The lowest BCUT2D eigenvalue weighted by molar-refractivity contribution is -0.119. The largest absolute Gasteiger partial charge is 0.497 e. The molecule has 9 heteroatoms. The highest BCUT2D eigenvalue weighted by molar-refractivity contribution is 7.13. The van der Waals surface area contributed by atoms with Gasteiger partial charge in [0.25, 0.3) is 11.8 Å². The minimum atomic E-state index is -0.705. The highest BCUT2D eigenvalue weighted by Gasteiger charge is 2.17. The van der Waals surface area contributed by atoms with Crippen molar-refractivity contribution in [1.82, 2.24) is 10.3 Å². The van der Waals surface area contributed by atoms with Gasteiger partial charge >= 0.3 is 5.97 Å². The Balaban J connectivity index is 1.57. The van der Waals surface area contributed by atoms with Crippen LogP contribution in [0.15, 0.2) is 53.9 Å². The number of hydrogen-bond donors (Lipinski definition) is 2. The Labute approximate surface area is 196 Å². The Morgan fingerprint density at radius 2 is 1.79 bits per heavy atom. The van der Waals surface area contributed by atoms with E-state index in [-0.39, 0.29) is 11.6 Å². The summed E-state index contributed by atoms with van der Waals surface area (Å²) < 4.78 is 10.2. The van der Waals surface area contributed by atoms with Crippen LogP contribution in [0, 0.1) is 5.92 Å². The van der Waals surface area contributed by atoms with E-state index in [1.165, 1.54) is 11.3 Å². The van der Waals surface area contributed by atoms with Gasteiger partial charge < -0.3 is 20.1 Å². The number of carbonyl (C=O) groups excluding carboxylic acids is 3. The van der Waals surface area contributed by atoms with Gasteiger partial charge in [-0.25, -0.2) is 9.78 Å². The van der Waals surface area contributed by atoms with E-state index in [0.29, 0.717) is 28.7 Å². The van der Waals surface area contributed by atoms with Crippen LogP contribution in [0.3, 0.4) is 0 Å². The molecule has 0 saturated heterocycles. The number of esters is 1. The Morgan fingerprint density at radius 1 is 1.06 bits per heavy atom. The quantitative estimate of drug-likeness (QED) is 0.461. The Hall–Kier alpha value is -3.72. The van der Waals surface area contributed by atoms with Gasteiger partial charge in [0.1, 0.15) is 10.8 Å². The third-order valence-corrected chi connectivity index (χ3v) is 5.39. The molecule has 0 aliphatic rings. The number of thiazole rings is 1. The van der Waals surface area contributed by atoms with E-state index in [1.54, 1.807) is 48.9 Å². The molecule has 3 rings (SSSR count). The maximum atomic E-state index is 12.4. The number of amides is 2. The van der Waals surface area contributed by atoms with Crippen molar-refractivity contribution >= 4 is 34.8 Å². The SMILES string of the molecule is COc1ccc(-c2nc(C(=O)OCC(=O)Nc3ccccc3C(=O)NCC(C)C)cs2)cc1. The lowest BCUT2D eigenvalue weighted by Crippen LogP contribution is -2.29. The van der Waals surface area contributed by atoms with Crippen molar-refractivity contribution in [3.8, 4) is 16.3 Å². The third kappa shape index (κ3) is 6.63. The van der Waals surface area contributed by atoms with Gasteiger partial charge in [0.15, 0.2) is 12.3 Å². The average Bonchev–Trinajstić information content (AvgIpc) is 3.32. The molecule has 172 valence electrons. The van der Waals surface area contributed by atoms with Gasteiger partial charge in [-0.15, -0.1) is 11.3 Å². The van der Waals surface area contributed by atoms with Crippen LogP contribution in [0.2, 0.25) is 0 Å². The second-order valence-corrected chi connectivity index (χ2v) is 8.40. The van der Waals surface area contributed by atoms with E-state index in [0.717, 1.165) is 11.3 Å². The highest BCUT2D eigenvalue weighted by Crippen LogP contribution is 2.26. The van der Waals surface area contributed by atoms with Crippen molar-refractivity contribution in [2.24, 2.45) is 5.92 Å². The van der Waals surface area contributed by atoms with Crippen molar-refractivity contribution in [3.05, 3.63) is 65.2 Å². The monoisotopic (exact) mass is 467 g/mol. The third-order valence-electron chi connectivity index (χ3n) is 4.50. The molecule has 0 fully saturated rings. The molecular formula is C24H25N3O5S. The van der Waals surface area contributed by atoms with Gasteiger partial charge in [-0.3, -0.25) is 9.59 Å². The molecule has 0 atom stereocenters. The molecule has 2 amide bonds. The maximum absolute atomic E-state index is 12.4. The molecule has 2 N–H and O–H groups in total. The van der Waals surface area contributed by atoms with E-state index < -0.39 is 18.5 Å².